The summed E-state index contributed by atoms with van der Waals surface area (Å²) >= 11 is 0. The molecule has 0 radical (unpaired) electrons. The fourth-order valence-corrected chi connectivity index (χ4v) is 6.79. The molecule has 2 aliphatic rings. The summed E-state index contributed by atoms with van der Waals surface area (Å²) in [5, 5.41) is 9.99. The predicted molar refractivity (Wildman–Crippen MR) is 171 cm³/mol. The molecule has 2 atom stereocenters. The Bertz CT molecular complexity index is 1300. The lowest BCUT2D eigenvalue weighted by Gasteiger charge is -2.36. The molecular weight excluding hydrogens is 524 g/mol. The highest BCUT2D eigenvalue weighted by Gasteiger charge is 2.28. The summed E-state index contributed by atoms with van der Waals surface area (Å²) in [6, 6.07) is 18.9. The normalized spacial score (nSPS) is 18.0. The van der Waals surface area contributed by atoms with Crippen LogP contribution in [0.5, 0.6) is 23.0 Å². The smallest absolute Gasteiger partial charge is 0.162 e. The fourth-order valence-electron chi connectivity index (χ4n) is 6.79. The molecule has 1 heterocycles. The lowest BCUT2D eigenvalue weighted by Crippen LogP contribution is -2.29. The van der Waals surface area contributed by atoms with Gasteiger partial charge in [0.2, 0.25) is 0 Å². The summed E-state index contributed by atoms with van der Waals surface area (Å²) in [7, 11) is 3.41. The fraction of sp³-hybridized carbons (Fsp3) is 0.500. The van der Waals surface area contributed by atoms with Crippen LogP contribution < -0.4 is 19.1 Å². The highest BCUT2D eigenvalue weighted by Crippen LogP contribution is 2.45. The maximum Gasteiger partial charge on any atom is 0.162 e. The van der Waals surface area contributed by atoms with Crippen LogP contribution in [0.2, 0.25) is 0 Å². The first-order chi connectivity index (χ1) is 20.5. The number of fused-ring (bicyclic) bond motifs is 1. The lowest BCUT2D eigenvalue weighted by atomic mass is 9.79. The van der Waals surface area contributed by atoms with Crippen molar-refractivity contribution in [3.63, 3.8) is 0 Å². The van der Waals surface area contributed by atoms with Crippen molar-refractivity contribution >= 4 is 5.69 Å². The summed E-state index contributed by atoms with van der Waals surface area (Å²) in [6.07, 6.45) is 8.24. The van der Waals surface area contributed by atoms with E-state index in [-0.39, 0.29) is 6.04 Å². The van der Waals surface area contributed by atoms with E-state index in [1.165, 1.54) is 66.7 Å². The van der Waals surface area contributed by atoms with Gasteiger partial charge in [0.25, 0.3) is 0 Å². The molecule has 1 aliphatic carbocycles. The summed E-state index contributed by atoms with van der Waals surface area (Å²) in [5.74, 6) is 3.13. The summed E-state index contributed by atoms with van der Waals surface area (Å²) in [4.78, 5) is 5.01. The number of phenolic OH excluding ortho intramolecular Hbond substituents is 1. The zero-order valence-corrected chi connectivity index (χ0v) is 25.9. The Morgan fingerprint density at radius 1 is 0.905 bits per heavy atom. The Kier molecular flexibility index (Phi) is 10.2. The summed E-state index contributed by atoms with van der Waals surface area (Å²) < 4.78 is 17.7. The molecule has 0 aromatic heterocycles. The Morgan fingerprint density at radius 2 is 1.62 bits per heavy atom. The van der Waals surface area contributed by atoms with Crippen LogP contribution >= 0.6 is 0 Å². The molecule has 42 heavy (non-hydrogen) atoms. The molecule has 1 unspecified atom stereocenters. The van der Waals surface area contributed by atoms with Crippen LogP contribution in [-0.4, -0.2) is 57.0 Å². The predicted octanol–water partition coefficient (Wildman–Crippen LogP) is 7.52. The second-order valence-corrected chi connectivity index (χ2v) is 11.8. The average molecular weight is 573 g/mol. The molecule has 226 valence electrons. The number of benzene rings is 3. The molecule has 1 saturated heterocycles. The minimum atomic E-state index is 0.158. The Balaban J connectivity index is 1.35. The monoisotopic (exact) mass is 572 g/mol. The first-order valence-electron chi connectivity index (χ1n) is 15.8. The van der Waals surface area contributed by atoms with Crippen molar-refractivity contribution in [2.45, 2.75) is 70.8 Å². The second-order valence-electron chi connectivity index (χ2n) is 11.8. The van der Waals surface area contributed by atoms with E-state index in [9.17, 15) is 5.11 Å². The molecular formula is C36H48N2O4. The molecule has 1 N–H and O–H groups in total. The third kappa shape index (κ3) is 6.97. The first-order valence-corrected chi connectivity index (χ1v) is 15.8. The number of hydrogen-bond donors (Lipinski definition) is 1. The molecule has 0 spiro atoms. The maximum absolute atomic E-state index is 9.99. The van der Waals surface area contributed by atoms with Crippen molar-refractivity contribution < 1.29 is 19.3 Å². The first kappa shape index (κ1) is 30.1. The molecule has 6 heteroatoms. The van der Waals surface area contributed by atoms with Gasteiger partial charge in [-0.2, -0.15) is 0 Å². The van der Waals surface area contributed by atoms with Crippen molar-refractivity contribution in [1.29, 1.82) is 0 Å². The SMILES string of the molecule is CCN(c1cc(OC)c(OC)cc1[C@@H]1CCc2cc(O)ccc2C1)C(C)c1ccc(OCCN2CCCCCC2)cc1. The Labute approximate surface area is 252 Å². The zero-order chi connectivity index (χ0) is 29.5. The summed E-state index contributed by atoms with van der Waals surface area (Å²) in [5.41, 5.74) is 6.29. The van der Waals surface area contributed by atoms with Gasteiger partial charge < -0.3 is 24.2 Å². The second kappa shape index (κ2) is 14.2. The molecule has 0 saturated carbocycles. The number of methoxy groups -OCH3 is 2. The number of likely N-dealkylation sites (tertiary alicyclic amines) is 1. The van der Waals surface area contributed by atoms with Gasteiger partial charge in [-0.25, -0.2) is 0 Å². The van der Waals surface area contributed by atoms with E-state index in [0.717, 1.165) is 56.2 Å². The van der Waals surface area contributed by atoms with Gasteiger partial charge in [-0.3, -0.25) is 4.90 Å². The number of ether oxygens (including phenoxy) is 3. The Morgan fingerprint density at radius 3 is 2.31 bits per heavy atom. The molecule has 3 aromatic rings. The van der Waals surface area contributed by atoms with Gasteiger partial charge in [0.15, 0.2) is 11.5 Å². The van der Waals surface area contributed by atoms with Crippen LogP contribution in [0, 0.1) is 0 Å². The number of anilines is 1. The number of rotatable bonds is 11. The topological polar surface area (TPSA) is 54.4 Å². The van der Waals surface area contributed by atoms with Crippen LogP contribution in [0.1, 0.15) is 80.2 Å². The highest BCUT2D eigenvalue weighted by atomic mass is 16.5. The zero-order valence-electron chi connectivity index (χ0n) is 25.9. The molecule has 6 nitrogen and oxygen atoms in total. The van der Waals surface area contributed by atoms with E-state index in [1.54, 1.807) is 20.3 Å². The number of nitrogens with zero attached hydrogens (tertiary/aromatic N) is 2. The lowest BCUT2D eigenvalue weighted by molar-refractivity contribution is 0.214. The third-order valence-electron chi connectivity index (χ3n) is 9.25. The molecule has 3 aromatic carbocycles. The molecule has 0 amide bonds. The van der Waals surface area contributed by atoms with Crippen molar-refractivity contribution in [2.24, 2.45) is 0 Å². The number of hydrogen-bond acceptors (Lipinski definition) is 6. The minimum Gasteiger partial charge on any atom is -0.508 e. The van der Waals surface area contributed by atoms with Gasteiger partial charge in [-0.05, 0) is 118 Å². The van der Waals surface area contributed by atoms with Gasteiger partial charge in [-0.1, -0.05) is 31.0 Å². The standard InChI is InChI=1S/C36H48N2O4/c1-5-38(26(2)27-13-16-32(17-14-27)42-21-20-37-18-8-6-7-9-19-37)34-25-36(41-4)35(40-3)24-33(34)30-11-10-29-23-31(39)15-12-28(29)22-30/h12-17,23-26,30,39H,5-11,18-22H2,1-4H3/t26?,30-/m1/s1. The Hall–Kier alpha value is -3.38. The van der Waals surface area contributed by atoms with E-state index in [4.69, 9.17) is 14.2 Å². The van der Waals surface area contributed by atoms with Crippen molar-refractivity contribution in [3.05, 3.63) is 76.9 Å². The molecule has 1 aliphatic heterocycles. The molecule has 5 rings (SSSR count). The van der Waals surface area contributed by atoms with Gasteiger partial charge in [0.1, 0.15) is 18.1 Å². The van der Waals surface area contributed by atoms with Gasteiger partial charge in [0, 0.05) is 24.8 Å². The van der Waals surface area contributed by atoms with E-state index in [1.807, 2.05) is 6.07 Å². The van der Waals surface area contributed by atoms with E-state index in [0.29, 0.717) is 11.7 Å². The van der Waals surface area contributed by atoms with Gasteiger partial charge in [0.05, 0.1) is 20.3 Å². The maximum atomic E-state index is 9.99. The molecule has 1 fully saturated rings. The average Bonchev–Trinajstić information content (AvgIpc) is 3.30. The van der Waals surface area contributed by atoms with E-state index >= 15 is 0 Å². The van der Waals surface area contributed by atoms with Gasteiger partial charge >= 0.3 is 0 Å². The van der Waals surface area contributed by atoms with Crippen LogP contribution in [0.3, 0.4) is 0 Å². The number of aromatic hydroxyl groups is 1. The van der Waals surface area contributed by atoms with Crippen LogP contribution in [0.4, 0.5) is 5.69 Å². The van der Waals surface area contributed by atoms with Crippen molar-refractivity contribution in [2.75, 3.05) is 51.9 Å². The number of phenols is 1. The third-order valence-corrected chi connectivity index (χ3v) is 9.25. The van der Waals surface area contributed by atoms with Gasteiger partial charge in [-0.15, -0.1) is 0 Å². The molecule has 0 bridgehead atoms. The highest BCUT2D eigenvalue weighted by molar-refractivity contribution is 5.65. The van der Waals surface area contributed by atoms with E-state index in [2.05, 4.69) is 66.1 Å². The largest absolute Gasteiger partial charge is 0.508 e. The number of aryl methyl sites for hydroxylation is 1. The van der Waals surface area contributed by atoms with Crippen molar-refractivity contribution in [3.8, 4) is 23.0 Å². The minimum absolute atomic E-state index is 0.158. The van der Waals surface area contributed by atoms with Crippen LogP contribution in [0.25, 0.3) is 0 Å². The quantitative estimate of drug-likeness (QED) is 0.256. The van der Waals surface area contributed by atoms with Crippen LogP contribution in [-0.2, 0) is 12.8 Å². The van der Waals surface area contributed by atoms with Crippen LogP contribution in [0.15, 0.2) is 54.6 Å². The van der Waals surface area contributed by atoms with Crippen molar-refractivity contribution in [1.82, 2.24) is 4.90 Å². The van der Waals surface area contributed by atoms with E-state index < -0.39 is 0 Å². The summed E-state index contributed by atoms with van der Waals surface area (Å²) in [6.45, 7) is 9.47.